The van der Waals surface area contributed by atoms with Crippen LogP contribution in [-0.2, 0) is 30.5 Å². The molecule has 0 radical (unpaired) electrons. The van der Waals surface area contributed by atoms with E-state index in [1.54, 1.807) is 0 Å². The largest absolute Gasteiger partial charge is 0.471 e. The highest BCUT2D eigenvalue weighted by Crippen LogP contribution is 2.65. The monoisotopic (exact) mass is 635 g/mol. The maximum absolute atomic E-state index is 13.6. The molecule has 0 aromatic heterocycles. The molecule has 5 atom stereocenters. The molecule has 2 saturated heterocycles. The highest BCUT2D eigenvalue weighted by molar-refractivity contribution is 5.97. The summed E-state index contributed by atoms with van der Waals surface area (Å²) in [6.45, 7) is 8.75. The van der Waals surface area contributed by atoms with Gasteiger partial charge in [0.2, 0.25) is 11.8 Å². The van der Waals surface area contributed by atoms with Crippen LogP contribution in [0, 0.1) is 28.6 Å². The van der Waals surface area contributed by atoms with E-state index in [0.717, 1.165) is 5.56 Å². The van der Waals surface area contributed by atoms with Crippen LogP contribution in [0.1, 0.15) is 59.4 Å². The number of nitrogens with one attached hydrogen (secondary N) is 3. The molecule has 1 aromatic carbocycles. The number of hydrogen-bond donors (Lipinski definition) is 3. The first-order chi connectivity index (χ1) is 20.9. The SMILES string of the molecule is CC(C)(C)[C@H](NC(=O)C(F)(F)F)C(=O)N1C[C@H]2[C@@H]([C@H]1C(=O)NNCC1CC3(CC3)N(C(=O)OCc3ccccc3)C1=O)C2(C)C. The number of piperidine rings is 1. The standard InChI is InChI=1S/C31H40F3N5O6/c1-28(2,3)22(36-26(43)31(32,33)34)25(42)38-15-19-20(29(19,4)5)21(38)23(40)37-35-14-18-13-30(11-12-30)39(24(18)41)27(44)45-16-17-9-7-6-8-10-17/h6-10,18-22,35H,11-16H2,1-5H3,(H,36,43)(H,37,40)/t18?,19-,20-,21-,22+/m0/s1. The van der Waals surface area contributed by atoms with Crippen LogP contribution in [0.3, 0.4) is 0 Å². The molecule has 1 spiro atoms. The Morgan fingerprint density at radius 2 is 1.71 bits per heavy atom. The Bertz CT molecular complexity index is 1370. The lowest BCUT2D eigenvalue weighted by Crippen LogP contribution is -2.61. The Hall–Kier alpha value is -3.68. The van der Waals surface area contributed by atoms with Gasteiger partial charge in [-0.15, -0.1) is 0 Å². The molecule has 4 fully saturated rings. The van der Waals surface area contributed by atoms with E-state index in [1.165, 1.54) is 30.6 Å². The highest BCUT2D eigenvalue weighted by Gasteiger charge is 2.70. The summed E-state index contributed by atoms with van der Waals surface area (Å²) in [6, 6.07) is 6.60. The average Bonchev–Trinajstić information content (AvgIpc) is 3.70. The van der Waals surface area contributed by atoms with E-state index in [0.29, 0.717) is 19.3 Å². The first-order valence-corrected chi connectivity index (χ1v) is 15.1. The van der Waals surface area contributed by atoms with Crippen molar-refractivity contribution in [2.75, 3.05) is 13.1 Å². The quantitative estimate of drug-likeness (QED) is 0.374. The lowest BCUT2D eigenvalue weighted by Gasteiger charge is -2.37. The van der Waals surface area contributed by atoms with Crippen molar-refractivity contribution in [1.29, 1.82) is 0 Å². The fraction of sp³-hybridized carbons (Fsp3) is 0.645. The van der Waals surface area contributed by atoms with Crippen LogP contribution >= 0.6 is 0 Å². The van der Waals surface area contributed by atoms with E-state index in [-0.39, 0.29) is 36.9 Å². The van der Waals surface area contributed by atoms with E-state index in [9.17, 15) is 37.1 Å². The minimum absolute atomic E-state index is 0.0270. The molecule has 0 bridgehead atoms. The molecule has 246 valence electrons. The molecule has 3 N–H and O–H groups in total. The number of amides is 5. The number of nitrogens with zero attached hydrogens (tertiary/aromatic N) is 2. The van der Waals surface area contributed by atoms with Gasteiger partial charge in [0.05, 0.1) is 11.5 Å². The molecule has 45 heavy (non-hydrogen) atoms. The number of carbonyl (C=O) groups excluding carboxylic acids is 5. The third-order valence-electron chi connectivity index (χ3n) is 9.85. The van der Waals surface area contributed by atoms with Crippen molar-refractivity contribution in [3.63, 3.8) is 0 Å². The number of carbonyl (C=O) groups is 5. The van der Waals surface area contributed by atoms with Crippen molar-refractivity contribution in [3.05, 3.63) is 35.9 Å². The number of likely N-dealkylation sites (tertiary alicyclic amines) is 2. The fourth-order valence-corrected chi connectivity index (χ4v) is 7.03. The molecule has 5 amide bonds. The summed E-state index contributed by atoms with van der Waals surface area (Å²) >= 11 is 0. The number of ether oxygens (including phenoxy) is 1. The zero-order valence-corrected chi connectivity index (χ0v) is 26.0. The Morgan fingerprint density at radius 3 is 2.29 bits per heavy atom. The number of alkyl halides is 3. The lowest BCUT2D eigenvalue weighted by molar-refractivity contribution is -0.176. The summed E-state index contributed by atoms with van der Waals surface area (Å²) < 4.78 is 44.7. The van der Waals surface area contributed by atoms with Crippen molar-refractivity contribution in [2.24, 2.45) is 28.6 Å². The summed E-state index contributed by atoms with van der Waals surface area (Å²) in [5.41, 5.74) is 4.25. The Labute approximate surface area is 259 Å². The maximum Gasteiger partial charge on any atom is 0.471 e. The highest BCUT2D eigenvalue weighted by atomic mass is 19.4. The van der Waals surface area contributed by atoms with E-state index >= 15 is 0 Å². The Balaban J connectivity index is 1.21. The number of fused-ring (bicyclic) bond motifs is 1. The molecule has 2 aliphatic carbocycles. The molecule has 1 unspecified atom stereocenters. The third kappa shape index (κ3) is 6.25. The molecule has 4 aliphatic rings. The number of imide groups is 1. The van der Waals surface area contributed by atoms with Gasteiger partial charge in [-0.05, 0) is 47.5 Å². The zero-order chi connectivity index (χ0) is 33.1. The molecular weight excluding hydrogens is 595 g/mol. The van der Waals surface area contributed by atoms with Gasteiger partial charge in [-0.3, -0.25) is 24.6 Å². The van der Waals surface area contributed by atoms with Crippen molar-refractivity contribution < 1.29 is 41.9 Å². The summed E-state index contributed by atoms with van der Waals surface area (Å²) in [7, 11) is 0. The van der Waals surface area contributed by atoms with Crippen LogP contribution in [0.2, 0.25) is 0 Å². The number of benzene rings is 1. The van der Waals surface area contributed by atoms with Gasteiger partial charge in [0.1, 0.15) is 18.7 Å². The topological polar surface area (TPSA) is 137 Å². The fourth-order valence-electron chi connectivity index (χ4n) is 7.03. The van der Waals surface area contributed by atoms with Crippen LogP contribution in [0.4, 0.5) is 18.0 Å². The second-order valence-corrected chi connectivity index (χ2v) is 14.4. The molecular formula is C31H40F3N5O6. The van der Waals surface area contributed by atoms with Crippen molar-refractivity contribution >= 4 is 29.7 Å². The first-order valence-electron chi connectivity index (χ1n) is 15.1. The van der Waals surface area contributed by atoms with E-state index in [2.05, 4.69) is 10.9 Å². The molecule has 2 saturated carbocycles. The molecule has 2 heterocycles. The smallest absolute Gasteiger partial charge is 0.444 e. The third-order valence-corrected chi connectivity index (χ3v) is 9.85. The summed E-state index contributed by atoms with van der Waals surface area (Å²) in [5.74, 6) is -4.85. The van der Waals surface area contributed by atoms with E-state index < -0.39 is 64.9 Å². The van der Waals surface area contributed by atoms with Gasteiger partial charge in [0.25, 0.3) is 5.91 Å². The Morgan fingerprint density at radius 1 is 1.07 bits per heavy atom. The van der Waals surface area contributed by atoms with Gasteiger partial charge in [-0.1, -0.05) is 65.0 Å². The molecule has 14 heteroatoms. The van der Waals surface area contributed by atoms with Crippen LogP contribution in [0.5, 0.6) is 0 Å². The first kappa shape index (κ1) is 32.7. The van der Waals surface area contributed by atoms with E-state index in [1.807, 2.05) is 49.5 Å². The van der Waals surface area contributed by atoms with Crippen molar-refractivity contribution in [3.8, 4) is 0 Å². The number of hydrazine groups is 1. The molecule has 11 nitrogen and oxygen atoms in total. The van der Waals surface area contributed by atoms with Gasteiger partial charge in [-0.25, -0.2) is 15.1 Å². The Kier molecular flexibility index (Phi) is 8.20. The van der Waals surface area contributed by atoms with Crippen LogP contribution in [0.25, 0.3) is 0 Å². The summed E-state index contributed by atoms with van der Waals surface area (Å²) in [5, 5.41) is 1.83. The lowest BCUT2D eigenvalue weighted by atomic mass is 9.85. The predicted molar refractivity (Wildman–Crippen MR) is 153 cm³/mol. The van der Waals surface area contributed by atoms with Crippen molar-refractivity contribution in [1.82, 2.24) is 26.0 Å². The predicted octanol–water partition coefficient (Wildman–Crippen LogP) is 2.90. The maximum atomic E-state index is 13.6. The van der Waals surface area contributed by atoms with E-state index in [4.69, 9.17) is 4.74 Å². The van der Waals surface area contributed by atoms with Gasteiger partial charge >= 0.3 is 18.2 Å². The minimum Gasteiger partial charge on any atom is -0.444 e. The van der Waals surface area contributed by atoms with Gasteiger partial charge in [0.15, 0.2) is 0 Å². The van der Waals surface area contributed by atoms with Crippen LogP contribution < -0.4 is 16.2 Å². The summed E-state index contributed by atoms with van der Waals surface area (Å²) in [4.78, 5) is 67.6. The molecule has 2 aliphatic heterocycles. The number of hydrogen-bond acceptors (Lipinski definition) is 7. The number of rotatable bonds is 8. The minimum atomic E-state index is -5.18. The van der Waals surface area contributed by atoms with Crippen molar-refractivity contribution in [2.45, 2.75) is 84.3 Å². The second-order valence-electron chi connectivity index (χ2n) is 14.4. The van der Waals surface area contributed by atoms with Crippen LogP contribution in [-0.4, -0.2) is 76.4 Å². The van der Waals surface area contributed by atoms with Gasteiger partial charge < -0.3 is 15.0 Å². The number of halogens is 3. The van der Waals surface area contributed by atoms with Gasteiger partial charge in [0, 0.05) is 13.1 Å². The normalized spacial score (nSPS) is 26.7. The van der Waals surface area contributed by atoms with Crippen LogP contribution in [0.15, 0.2) is 30.3 Å². The van der Waals surface area contributed by atoms with Gasteiger partial charge in [-0.2, -0.15) is 13.2 Å². The summed E-state index contributed by atoms with van der Waals surface area (Å²) in [6.07, 6.45) is -4.14. The molecule has 1 aromatic rings. The second kappa shape index (κ2) is 11.3. The molecule has 5 rings (SSSR count). The zero-order valence-electron chi connectivity index (χ0n) is 26.0. The average molecular weight is 636 g/mol.